The Bertz CT molecular complexity index is 273. The van der Waals surface area contributed by atoms with Crippen molar-refractivity contribution in [3.63, 3.8) is 0 Å². The van der Waals surface area contributed by atoms with Crippen molar-refractivity contribution in [2.75, 3.05) is 0 Å². The number of rotatable bonds is 2. The van der Waals surface area contributed by atoms with E-state index >= 15 is 0 Å². The Labute approximate surface area is 69.7 Å². The molecule has 0 aliphatic heterocycles. The molecule has 0 fully saturated rings. The summed E-state index contributed by atoms with van der Waals surface area (Å²) in [5.41, 5.74) is 1.63. The largest absolute Gasteiger partial charge is 0.294 e. The lowest BCUT2D eigenvalue weighted by atomic mass is 10.1. The van der Waals surface area contributed by atoms with E-state index in [2.05, 4.69) is 17.2 Å². The molecule has 0 amide bonds. The van der Waals surface area contributed by atoms with Crippen molar-refractivity contribution in [2.45, 2.75) is 6.92 Å². The number of halogens is 1. The maximum Gasteiger partial charge on any atom is 0.179 e. The lowest BCUT2D eigenvalue weighted by molar-refractivity contribution is -0.00634. The Balaban J connectivity index is 3.16. The van der Waals surface area contributed by atoms with Gasteiger partial charge in [-0.25, -0.2) is 0 Å². The van der Waals surface area contributed by atoms with Gasteiger partial charge in [0.25, 0.3) is 0 Å². The Hall–Kier alpha value is -0.960. The van der Waals surface area contributed by atoms with Crippen molar-refractivity contribution in [1.82, 2.24) is 0 Å². The summed E-state index contributed by atoms with van der Waals surface area (Å²) in [5, 5.41) is 1.39. The quantitative estimate of drug-likeness (QED) is 0.631. The first-order valence-corrected chi connectivity index (χ1v) is 3.59. The molecular formula is C8H7FOS. The van der Waals surface area contributed by atoms with Gasteiger partial charge in [0.05, 0.1) is 0 Å². The molecule has 1 rings (SSSR count). The van der Waals surface area contributed by atoms with E-state index in [9.17, 15) is 4.53 Å². The normalized spacial score (nSPS) is 9.27. The van der Waals surface area contributed by atoms with Crippen LogP contribution in [0.25, 0.3) is 0 Å². The van der Waals surface area contributed by atoms with Crippen molar-refractivity contribution in [2.24, 2.45) is 0 Å². The van der Waals surface area contributed by atoms with E-state index in [1.165, 1.54) is 5.37 Å². The highest BCUT2D eigenvalue weighted by Crippen LogP contribution is 2.18. The molecule has 0 aromatic heterocycles. The van der Waals surface area contributed by atoms with E-state index in [1.807, 2.05) is 6.92 Å². The number of hydrogen-bond acceptors (Lipinski definition) is 2. The maximum atomic E-state index is 11.7. The van der Waals surface area contributed by atoms with Crippen molar-refractivity contribution in [3.8, 4) is 5.75 Å². The Morgan fingerprint density at radius 2 is 2.27 bits per heavy atom. The second-order valence-corrected chi connectivity index (χ2v) is 2.47. The fourth-order valence-electron chi connectivity index (χ4n) is 0.830. The fraction of sp³-hybridized carbons (Fsp3) is 0.125. The number of aryl methyl sites for hydroxylation is 1. The van der Waals surface area contributed by atoms with Gasteiger partial charge in [-0.05, 0) is 19.1 Å². The zero-order valence-corrected chi connectivity index (χ0v) is 6.82. The molecule has 0 saturated heterocycles. The molecule has 58 valence electrons. The van der Waals surface area contributed by atoms with E-state index < -0.39 is 0 Å². The molecule has 0 unspecified atom stereocenters. The summed E-state index contributed by atoms with van der Waals surface area (Å²) in [6, 6.07) is 5.08. The molecule has 0 saturated carbocycles. The van der Waals surface area contributed by atoms with Gasteiger partial charge < -0.3 is 0 Å². The van der Waals surface area contributed by atoms with Gasteiger partial charge in [0.15, 0.2) is 5.75 Å². The van der Waals surface area contributed by atoms with Crippen molar-refractivity contribution in [1.29, 1.82) is 0 Å². The molecule has 11 heavy (non-hydrogen) atoms. The Kier molecular flexibility index (Phi) is 2.54. The molecule has 0 atom stereocenters. The first kappa shape index (κ1) is 8.14. The number of hydrogen-bond donors (Lipinski definition) is 0. The molecule has 3 heteroatoms. The van der Waals surface area contributed by atoms with Gasteiger partial charge in [-0.3, -0.25) is 4.94 Å². The highest BCUT2D eigenvalue weighted by atomic mass is 32.1. The van der Waals surface area contributed by atoms with Crippen LogP contribution in [0.3, 0.4) is 0 Å². The van der Waals surface area contributed by atoms with E-state index in [4.69, 9.17) is 0 Å². The van der Waals surface area contributed by atoms with Gasteiger partial charge in [0, 0.05) is 15.5 Å². The standard InChI is InChI=1S/C8H7FOS/c1-6-2-3-8(10-9)7(4-6)5-11/h2-5H,1H3. The molecule has 1 aromatic carbocycles. The number of benzene rings is 1. The predicted octanol–water partition coefficient (Wildman–Crippen LogP) is 2.61. The van der Waals surface area contributed by atoms with Crippen LogP contribution < -0.4 is 4.94 Å². The number of thiocarbonyl (C=S) groups is 1. The van der Waals surface area contributed by atoms with Gasteiger partial charge in [0.2, 0.25) is 0 Å². The SMILES string of the molecule is Cc1ccc(OF)c(C=S)c1. The Morgan fingerprint density at radius 3 is 2.82 bits per heavy atom. The molecule has 0 aliphatic rings. The third-order valence-corrected chi connectivity index (χ3v) is 1.63. The van der Waals surface area contributed by atoms with Crippen molar-refractivity contribution < 1.29 is 9.47 Å². The minimum absolute atomic E-state index is 0.172. The van der Waals surface area contributed by atoms with Crippen LogP contribution in [0.15, 0.2) is 18.2 Å². The molecule has 1 aromatic rings. The smallest absolute Gasteiger partial charge is 0.179 e. The van der Waals surface area contributed by atoms with E-state index in [0.29, 0.717) is 5.56 Å². The van der Waals surface area contributed by atoms with Crippen LogP contribution in [0.5, 0.6) is 5.75 Å². The van der Waals surface area contributed by atoms with Crippen LogP contribution in [0.1, 0.15) is 11.1 Å². The third kappa shape index (κ3) is 1.74. The third-order valence-electron chi connectivity index (χ3n) is 1.38. The van der Waals surface area contributed by atoms with Gasteiger partial charge in [-0.1, -0.05) is 23.8 Å². The van der Waals surface area contributed by atoms with E-state index in [1.54, 1.807) is 18.2 Å². The highest BCUT2D eigenvalue weighted by Gasteiger charge is 2.00. The van der Waals surface area contributed by atoms with Gasteiger partial charge in [-0.2, -0.15) is 0 Å². The summed E-state index contributed by atoms with van der Waals surface area (Å²) in [4.78, 5) is 3.59. The fourth-order valence-corrected chi connectivity index (χ4v) is 1.01. The summed E-state index contributed by atoms with van der Waals surface area (Å²) < 4.78 is 11.7. The van der Waals surface area contributed by atoms with E-state index in [-0.39, 0.29) is 5.75 Å². The first-order chi connectivity index (χ1) is 5.27. The monoisotopic (exact) mass is 170 g/mol. The van der Waals surface area contributed by atoms with Crippen LogP contribution in [0.2, 0.25) is 0 Å². The average molecular weight is 170 g/mol. The Morgan fingerprint density at radius 1 is 1.55 bits per heavy atom. The molecule has 0 spiro atoms. The molecule has 0 N–H and O–H groups in total. The van der Waals surface area contributed by atoms with Crippen LogP contribution in [-0.4, -0.2) is 5.37 Å². The van der Waals surface area contributed by atoms with Gasteiger partial charge in [-0.15, -0.1) is 0 Å². The average Bonchev–Trinajstić information content (AvgIpc) is 2.04. The topological polar surface area (TPSA) is 9.23 Å². The molecule has 1 nitrogen and oxygen atoms in total. The second-order valence-electron chi connectivity index (χ2n) is 2.24. The zero-order valence-electron chi connectivity index (χ0n) is 6.00. The minimum atomic E-state index is 0.172. The minimum Gasteiger partial charge on any atom is -0.294 e. The summed E-state index contributed by atoms with van der Waals surface area (Å²) in [6.07, 6.45) is 0. The first-order valence-electron chi connectivity index (χ1n) is 3.12. The second kappa shape index (κ2) is 3.44. The summed E-state index contributed by atoms with van der Waals surface area (Å²) >= 11 is 4.66. The molecule has 0 radical (unpaired) electrons. The lowest BCUT2D eigenvalue weighted by Gasteiger charge is -1.99. The van der Waals surface area contributed by atoms with Crippen LogP contribution in [0.4, 0.5) is 4.53 Å². The van der Waals surface area contributed by atoms with Crippen molar-refractivity contribution in [3.05, 3.63) is 29.3 Å². The highest BCUT2D eigenvalue weighted by molar-refractivity contribution is 7.79. The summed E-state index contributed by atoms with van der Waals surface area (Å²) in [6.45, 7) is 1.91. The lowest BCUT2D eigenvalue weighted by Crippen LogP contribution is -1.86. The predicted molar refractivity (Wildman–Crippen MR) is 45.7 cm³/mol. The van der Waals surface area contributed by atoms with Crippen LogP contribution >= 0.6 is 12.2 Å². The van der Waals surface area contributed by atoms with E-state index in [0.717, 1.165) is 5.56 Å². The molecule has 0 bridgehead atoms. The molecule has 0 aliphatic carbocycles. The summed E-state index contributed by atoms with van der Waals surface area (Å²) in [7, 11) is 0. The van der Waals surface area contributed by atoms with Gasteiger partial charge in [0.1, 0.15) is 0 Å². The molecular weight excluding hydrogens is 163 g/mol. The van der Waals surface area contributed by atoms with Gasteiger partial charge >= 0.3 is 0 Å². The zero-order chi connectivity index (χ0) is 8.27. The molecule has 0 heterocycles. The van der Waals surface area contributed by atoms with Crippen LogP contribution in [0, 0.1) is 6.92 Å². The maximum absolute atomic E-state index is 11.7. The van der Waals surface area contributed by atoms with Crippen LogP contribution in [-0.2, 0) is 0 Å². The summed E-state index contributed by atoms with van der Waals surface area (Å²) in [5.74, 6) is 0.172. The van der Waals surface area contributed by atoms with Crippen molar-refractivity contribution >= 4 is 17.6 Å².